The van der Waals surface area contributed by atoms with Crippen molar-refractivity contribution >= 4 is 17.2 Å². The van der Waals surface area contributed by atoms with Gasteiger partial charge in [0.15, 0.2) is 5.41 Å². The highest BCUT2D eigenvalue weighted by Crippen LogP contribution is 2.52. The Morgan fingerprint density at radius 3 is 2.05 bits per heavy atom. The minimum atomic E-state index is -1.88. The van der Waals surface area contributed by atoms with Gasteiger partial charge < -0.3 is 5.73 Å². The topological polar surface area (TPSA) is 115 Å². The summed E-state index contributed by atoms with van der Waals surface area (Å²) in [5.74, 6) is -0.911. The highest BCUT2D eigenvalue weighted by atomic mass is 35.5. The number of hydrogen-bond donors (Lipinski definition) is 1. The van der Waals surface area contributed by atoms with Gasteiger partial charge in [-0.3, -0.25) is 0 Å². The van der Waals surface area contributed by atoms with E-state index in [1.54, 1.807) is 10.8 Å². The van der Waals surface area contributed by atoms with Crippen molar-refractivity contribution in [3.05, 3.63) is 124 Å². The second-order valence-electron chi connectivity index (χ2n) is 9.02. The summed E-state index contributed by atoms with van der Waals surface area (Å²) < 4.78 is 1.60. The molecule has 2 N–H and O–H groups in total. The first-order valence-corrected chi connectivity index (χ1v) is 12.2. The molecule has 38 heavy (non-hydrogen) atoms. The zero-order chi connectivity index (χ0) is 26.9. The van der Waals surface area contributed by atoms with E-state index in [0.717, 1.165) is 22.4 Å². The van der Waals surface area contributed by atoms with Crippen LogP contribution in [0.1, 0.15) is 22.6 Å². The molecule has 1 unspecified atom stereocenters. The molecule has 0 amide bonds. The second kappa shape index (κ2) is 9.75. The Morgan fingerprint density at radius 2 is 1.47 bits per heavy atom. The average Bonchev–Trinajstić information content (AvgIpc) is 3.30. The monoisotopic (exact) mass is 512 g/mol. The van der Waals surface area contributed by atoms with E-state index in [1.165, 1.54) is 0 Å². The Morgan fingerprint density at radius 1 is 0.868 bits per heavy atom. The summed E-state index contributed by atoms with van der Waals surface area (Å²) in [5.41, 5.74) is 9.48. The van der Waals surface area contributed by atoms with Crippen molar-refractivity contribution in [2.24, 2.45) is 11.1 Å². The van der Waals surface area contributed by atoms with Crippen LogP contribution in [-0.2, 0) is 0 Å². The van der Waals surface area contributed by atoms with E-state index in [4.69, 9.17) is 22.4 Å². The van der Waals surface area contributed by atoms with Crippen LogP contribution in [0.4, 0.5) is 0 Å². The van der Waals surface area contributed by atoms with Gasteiger partial charge >= 0.3 is 0 Å². The average molecular weight is 513 g/mol. The van der Waals surface area contributed by atoms with Crippen molar-refractivity contribution in [2.45, 2.75) is 12.8 Å². The molecule has 1 heterocycles. The molecule has 5 rings (SSSR count). The summed E-state index contributed by atoms with van der Waals surface area (Å²) in [5, 5.41) is 36.0. The number of halogens is 1. The van der Waals surface area contributed by atoms with Gasteiger partial charge in [-0.05, 0) is 30.2 Å². The quantitative estimate of drug-likeness (QED) is 0.337. The minimum absolute atomic E-state index is 0.0982. The van der Waals surface area contributed by atoms with Crippen molar-refractivity contribution in [2.75, 3.05) is 0 Å². The Balaban J connectivity index is 1.86. The van der Waals surface area contributed by atoms with E-state index in [0.29, 0.717) is 16.8 Å². The highest BCUT2D eigenvalue weighted by molar-refractivity contribution is 6.31. The Labute approximate surface area is 225 Å². The van der Waals surface area contributed by atoms with E-state index >= 15 is 0 Å². The molecular weight excluding hydrogens is 492 g/mol. The third kappa shape index (κ3) is 3.84. The largest absolute Gasteiger partial charge is 0.399 e. The molecule has 0 fully saturated rings. The molecule has 1 aliphatic carbocycles. The number of nitrogens with two attached hydrogens (primary N) is 1. The number of aryl methyl sites for hydroxylation is 1. The van der Waals surface area contributed by atoms with E-state index in [-0.39, 0.29) is 16.4 Å². The Hall–Kier alpha value is -5.09. The van der Waals surface area contributed by atoms with Gasteiger partial charge in [0.1, 0.15) is 11.2 Å². The van der Waals surface area contributed by atoms with Crippen LogP contribution in [0, 0.1) is 46.3 Å². The first kappa shape index (κ1) is 24.6. The van der Waals surface area contributed by atoms with Crippen LogP contribution in [0.15, 0.2) is 102 Å². The van der Waals surface area contributed by atoms with Gasteiger partial charge in [0, 0.05) is 17.0 Å². The van der Waals surface area contributed by atoms with Gasteiger partial charge in [-0.15, -0.1) is 0 Å². The number of aromatic nitrogens is 2. The molecule has 6 nitrogen and oxygen atoms in total. The third-order valence-electron chi connectivity index (χ3n) is 6.81. The number of para-hydroxylation sites is 1. The molecule has 0 saturated carbocycles. The standard InChI is InChI=1S/C31H21ClN6/c1-20-12-14-21(15-13-20)24-16-26(31(18-34,19-35)29(36)25(24)17-33)27-28(22-8-4-2-5-9-22)37-38(30(27)32)23-10-6-3-7-11-23/h2-16,26H,36H2,1H3. The molecule has 1 aromatic heterocycles. The molecule has 0 radical (unpaired) electrons. The van der Waals surface area contributed by atoms with Crippen molar-refractivity contribution in [3.8, 4) is 35.2 Å². The summed E-state index contributed by atoms with van der Waals surface area (Å²) in [6.45, 7) is 1.97. The summed E-state index contributed by atoms with van der Waals surface area (Å²) in [6.07, 6.45) is 1.76. The van der Waals surface area contributed by atoms with Crippen molar-refractivity contribution < 1.29 is 0 Å². The van der Waals surface area contributed by atoms with Crippen LogP contribution in [0.3, 0.4) is 0 Å². The molecule has 1 aliphatic rings. The van der Waals surface area contributed by atoms with E-state index < -0.39 is 11.3 Å². The van der Waals surface area contributed by atoms with Crippen LogP contribution in [-0.4, -0.2) is 9.78 Å². The number of benzene rings is 3. The van der Waals surface area contributed by atoms with Gasteiger partial charge in [0.25, 0.3) is 0 Å². The SMILES string of the molecule is Cc1ccc(C2=CC(c3c(-c4ccccc4)nn(-c4ccccc4)c3Cl)C(C#N)(C#N)C(N)=C2C#N)cc1. The lowest BCUT2D eigenvalue weighted by Gasteiger charge is -2.33. The molecule has 3 aromatic carbocycles. The van der Waals surface area contributed by atoms with E-state index in [2.05, 4.69) is 18.2 Å². The summed E-state index contributed by atoms with van der Waals surface area (Å²) >= 11 is 7.05. The Bertz CT molecular complexity index is 1700. The van der Waals surface area contributed by atoms with E-state index in [1.807, 2.05) is 91.9 Å². The van der Waals surface area contributed by atoms with Crippen molar-refractivity contribution in [3.63, 3.8) is 0 Å². The molecular formula is C31H21ClN6. The summed E-state index contributed by atoms with van der Waals surface area (Å²) in [4.78, 5) is 0. The maximum absolute atomic E-state index is 10.4. The number of allylic oxidation sites excluding steroid dienone is 4. The number of nitriles is 3. The fourth-order valence-corrected chi connectivity index (χ4v) is 5.14. The predicted molar refractivity (Wildman–Crippen MR) is 146 cm³/mol. The number of rotatable bonds is 4. The first-order chi connectivity index (χ1) is 18.4. The van der Waals surface area contributed by atoms with Crippen molar-refractivity contribution in [1.29, 1.82) is 15.8 Å². The zero-order valence-corrected chi connectivity index (χ0v) is 21.2. The molecule has 0 saturated heterocycles. The maximum atomic E-state index is 10.4. The third-order valence-corrected chi connectivity index (χ3v) is 7.18. The van der Waals surface area contributed by atoms with Crippen LogP contribution >= 0.6 is 11.6 Å². The highest BCUT2D eigenvalue weighted by Gasteiger charge is 2.50. The summed E-state index contributed by atoms with van der Waals surface area (Å²) in [7, 11) is 0. The summed E-state index contributed by atoms with van der Waals surface area (Å²) in [6, 6.07) is 32.9. The van der Waals surface area contributed by atoms with Crippen LogP contribution in [0.2, 0.25) is 5.15 Å². The van der Waals surface area contributed by atoms with Crippen molar-refractivity contribution in [1.82, 2.24) is 9.78 Å². The molecule has 0 spiro atoms. The fourth-order valence-electron chi connectivity index (χ4n) is 4.80. The predicted octanol–water partition coefficient (Wildman–Crippen LogP) is 6.45. The lowest BCUT2D eigenvalue weighted by molar-refractivity contribution is 0.534. The molecule has 0 aliphatic heterocycles. The molecule has 1 atom stereocenters. The molecule has 4 aromatic rings. The van der Waals surface area contributed by atoms with Gasteiger partial charge in [-0.1, -0.05) is 96.0 Å². The number of nitrogens with zero attached hydrogens (tertiary/aromatic N) is 5. The zero-order valence-electron chi connectivity index (χ0n) is 20.4. The van der Waals surface area contributed by atoms with Crippen LogP contribution in [0.5, 0.6) is 0 Å². The van der Waals surface area contributed by atoms with Gasteiger partial charge in [0.05, 0.1) is 34.8 Å². The maximum Gasteiger partial charge on any atom is 0.194 e. The first-order valence-electron chi connectivity index (χ1n) is 11.9. The van der Waals surface area contributed by atoms with Crippen LogP contribution in [0.25, 0.3) is 22.5 Å². The van der Waals surface area contributed by atoms with Gasteiger partial charge in [-0.25, -0.2) is 4.68 Å². The lowest BCUT2D eigenvalue weighted by atomic mass is 9.65. The molecule has 0 bridgehead atoms. The van der Waals surface area contributed by atoms with Gasteiger partial charge in [0.2, 0.25) is 0 Å². The smallest absolute Gasteiger partial charge is 0.194 e. The second-order valence-corrected chi connectivity index (χ2v) is 9.38. The normalized spacial score (nSPS) is 16.2. The molecule has 182 valence electrons. The van der Waals surface area contributed by atoms with E-state index in [9.17, 15) is 15.8 Å². The van der Waals surface area contributed by atoms with Gasteiger partial charge in [-0.2, -0.15) is 20.9 Å². The molecule has 7 heteroatoms. The fraction of sp³-hybridized carbons (Fsp3) is 0.0968. The number of hydrogen-bond acceptors (Lipinski definition) is 5. The Kier molecular flexibility index (Phi) is 6.31. The minimum Gasteiger partial charge on any atom is -0.399 e. The van der Waals surface area contributed by atoms with Crippen LogP contribution < -0.4 is 5.73 Å². The lowest BCUT2D eigenvalue weighted by Crippen LogP contribution is -2.35.